The number of nitrogens with two attached hydrogens (primary N) is 1. The third-order valence-corrected chi connectivity index (χ3v) is 8.06. The first kappa shape index (κ1) is 27.7. The fraction of sp³-hybridized carbons (Fsp3) is 0.655. The number of halogens is 1. The zero-order valence-corrected chi connectivity index (χ0v) is 22.1. The normalized spacial score (nSPS) is 20.7. The molecule has 0 amide bonds. The van der Waals surface area contributed by atoms with Crippen LogP contribution < -0.4 is 26.8 Å². The second-order valence-corrected chi connectivity index (χ2v) is 10.7. The molecule has 8 heteroatoms. The maximum absolute atomic E-state index is 14.8. The minimum atomic E-state index is -0.458. The smallest absolute Gasteiger partial charge is 0.253 e. The molecule has 3 N–H and O–H groups in total. The summed E-state index contributed by atoms with van der Waals surface area (Å²) >= 11 is 0. The van der Waals surface area contributed by atoms with E-state index in [4.69, 9.17) is 15.2 Å². The van der Waals surface area contributed by atoms with Crippen LogP contribution in [0.5, 0.6) is 0 Å². The Bertz CT molecular complexity index is 1060. The van der Waals surface area contributed by atoms with Crippen LogP contribution in [0.1, 0.15) is 69.5 Å². The summed E-state index contributed by atoms with van der Waals surface area (Å²) in [6.07, 6.45) is 9.07. The van der Waals surface area contributed by atoms with E-state index in [-0.39, 0.29) is 17.8 Å². The summed E-state index contributed by atoms with van der Waals surface area (Å²) in [6, 6.07) is 6.70. The van der Waals surface area contributed by atoms with Crippen molar-refractivity contribution in [3.63, 3.8) is 0 Å². The average Bonchev–Trinajstić information content (AvgIpc) is 2.93. The maximum atomic E-state index is 14.8. The first-order chi connectivity index (χ1) is 18.0. The molecule has 1 aliphatic carbocycles. The minimum absolute atomic E-state index is 0.0157. The number of hydrogen-bond acceptors (Lipinski definition) is 7. The monoisotopic (exact) mass is 515 g/mol. The Kier molecular flexibility index (Phi) is 10.1. The van der Waals surface area contributed by atoms with Crippen LogP contribution in [0.4, 0.5) is 15.8 Å². The molecule has 0 bridgehead atoms. The highest BCUT2D eigenvalue weighted by Gasteiger charge is 2.35. The topological polar surface area (TPSA) is 93.9 Å². The second kappa shape index (κ2) is 13.5. The number of methoxy groups -OCH3 is 1. The molecular formula is C29H42FN3O4. The maximum Gasteiger partial charge on any atom is 0.253 e. The molecule has 204 valence electrons. The summed E-state index contributed by atoms with van der Waals surface area (Å²) < 4.78 is 26.2. The Balaban J connectivity index is 1.49. The highest BCUT2D eigenvalue weighted by molar-refractivity contribution is 5.75. The van der Waals surface area contributed by atoms with E-state index in [0.717, 1.165) is 19.3 Å². The number of ether oxygens (including phenoxy) is 2. The summed E-state index contributed by atoms with van der Waals surface area (Å²) in [4.78, 5) is 27.4. The molecule has 2 aliphatic rings. The van der Waals surface area contributed by atoms with Crippen LogP contribution in [-0.4, -0.2) is 46.0 Å². The van der Waals surface area contributed by atoms with Crippen LogP contribution in [0, 0.1) is 17.7 Å². The molecule has 0 spiro atoms. The molecule has 0 unspecified atom stereocenters. The van der Waals surface area contributed by atoms with Crippen LogP contribution >= 0.6 is 0 Å². The molecule has 2 fully saturated rings. The Morgan fingerprint density at radius 2 is 1.86 bits per heavy atom. The lowest BCUT2D eigenvalue weighted by Crippen LogP contribution is -2.49. The van der Waals surface area contributed by atoms with Gasteiger partial charge in [0.1, 0.15) is 17.2 Å². The molecule has 1 saturated heterocycles. The van der Waals surface area contributed by atoms with E-state index >= 15 is 0 Å². The fourth-order valence-electron chi connectivity index (χ4n) is 6.12. The van der Waals surface area contributed by atoms with Crippen LogP contribution in [0.25, 0.3) is 0 Å². The van der Waals surface area contributed by atoms with E-state index in [1.54, 1.807) is 19.2 Å². The highest BCUT2D eigenvalue weighted by atomic mass is 19.1. The minimum Gasteiger partial charge on any atom is -0.385 e. The lowest BCUT2D eigenvalue weighted by atomic mass is 9.84. The van der Waals surface area contributed by atoms with Gasteiger partial charge in [0.25, 0.3) is 10.9 Å². The SMILES string of the molecule is COCCCO[C@@H](c1ccccc1F)[C@@H]1CCCN(c2c(N[C@H](CN)CC3CCCCC3)c(=O)c2=O)C1. The number of anilines is 2. The van der Waals surface area contributed by atoms with Crippen LogP contribution in [0.3, 0.4) is 0 Å². The molecule has 7 nitrogen and oxygen atoms in total. The van der Waals surface area contributed by atoms with E-state index in [9.17, 15) is 14.0 Å². The van der Waals surface area contributed by atoms with Gasteiger partial charge in [-0.05, 0) is 37.7 Å². The number of nitrogens with zero attached hydrogens (tertiary/aromatic N) is 1. The fourth-order valence-corrected chi connectivity index (χ4v) is 6.12. The lowest BCUT2D eigenvalue weighted by molar-refractivity contribution is -0.00433. The van der Waals surface area contributed by atoms with Gasteiger partial charge in [-0.25, -0.2) is 4.39 Å². The van der Waals surface area contributed by atoms with E-state index < -0.39 is 17.0 Å². The summed E-state index contributed by atoms with van der Waals surface area (Å²) in [6.45, 7) is 2.65. The largest absolute Gasteiger partial charge is 0.385 e. The second-order valence-electron chi connectivity index (χ2n) is 10.7. The van der Waals surface area contributed by atoms with Crippen molar-refractivity contribution in [1.82, 2.24) is 0 Å². The van der Waals surface area contributed by atoms with E-state index in [1.165, 1.54) is 38.2 Å². The predicted molar refractivity (Wildman–Crippen MR) is 146 cm³/mol. The van der Waals surface area contributed by atoms with Crippen molar-refractivity contribution >= 4 is 11.4 Å². The Hall–Kier alpha value is -2.29. The van der Waals surface area contributed by atoms with Crippen molar-refractivity contribution in [3.05, 3.63) is 56.1 Å². The summed E-state index contributed by atoms with van der Waals surface area (Å²) in [7, 11) is 1.65. The van der Waals surface area contributed by atoms with E-state index in [2.05, 4.69) is 5.32 Å². The first-order valence-electron chi connectivity index (χ1n) is 13.9. The van der Waals surface area contributed by atoms with Crippen LogP contribution in [-0.2, 0) is 9.47 Å². The Morgan fingerprint density at radius 1 is 1.08 bits per heavy atom. The number of piperidine rings is 1. The van der Waals surface area contributed by atoms with Gasteiger partial charge < -0.3 is 25.4 Å². The predicted octanol–water partition coefficient (Wildman–Crippen LogP) is 4.14. The lowest BCUT2D eigenvalue weighted by Gasteiger charge is -2.39. The van der Waals surface area contributed by atoms with Crippen molar-refractivity contribution in [1.29, 1.82) is 0 Å². The third-order valence-electron chi connectivity index (χ3n) is 8.06. The first-order valence-corrected chi connectivity index (χ1v) is 13.9. The van der Waals surface area contributed by atoms with Crippen LogP contribution in [0.15, 0.2) is 33.9 Å². The molecule has 3 atom stereocenters. The van der Waals surface area contributed by atoms with E-state index in [1.807, 2.05) is 11.0 Å². The van der Waals surface area contributed by atoms with Crippen molar-refractivity contribution in [2.45, 2.75) is 69.9 Å². The van der Waals surface area contributed by atoms with Crippen molar-refractivity contribution in [2.75, 3.05) is 50.2 Å². The van der Waals surface area contributed by atoms with Gasteiger partial charge in [-0.15, -0.1) is 0 Å². The molecule has 1 heterocycles. The van der Waals surface area contributed by atoms with Gasteiger partial charge in [0, 0.05) is 57.5 Å². The van der Waals surface area contributed by atoms with Crippen molar-refractivity contribution < 1.29 is 13.9 Å². The average molecular weight is 516 g/mol. The zero-order valence-electron chi connectivity index (χ0n) is 22.1. The molecular weight excluding hydrogens is 473 g/mol. The van der Waals surface area contributed by atoms with Gasteiger partial charge >= 0.3 is 0 Å². The zero-order chi connectivity index (χ0) is 26.2. The summed E-state index contributed by atoms with van der Waals surface area (Å²) in [5, 5.41) is 3.35. The number of benzene rings is 1. The quantitative estimate of drug-likeness (QED) is 0.306. The van der Waals surface area contributed by atoms with Crippen molar-refractivity contribution in [3.8, 4) is 0 Å². The summed E-state index contributed by atoms with van der Waals surface area (Å²) in [5.41, 5.74) is 6.57. The van der Waals surface area contributed by atoms with Gasteiger partial charge in [-0.1, -0.05) is 50.3 Å². The molecule has 1 saturated carbocycles. The van der Waals surface area contributed by atoms with Gasteiger partial charge in [0.15, 0.2) is 0 Å². The third kappa shape index (κ3) is 6.78. The van der Waals surface area contributed by atoms with Gasteiger partial charge in [0.05, 0.1) is 6.10 Å². The molecule has 0 aromatic heterocycles. The Labute approximate surface area is 219 Å². The van der Waals surface area contributed by atoms with Crippen molar-refractivity contribution in [2.24, 2.45) is 17.6 Å². The van der Waals surface area contributed by atoms with Gasteiger partial charge in [-0.3, -0.25) is 9.59 Å². The molecule has 0 radical (unpaired) electrons. The van der Waals surface area contributed by atoms with Crippen LogP contribution in [0.2, 0.25) is 0 Å². The van der Waals surface area contributed by atoms with E-state index in [0.29, 0.717) is 62.1 Å². The standard InChI is InChI=1S/C29H42FN3O4/c1-36-15-8-16-37-29(23-12-5-6-13-24(23)30)21-11-7-14-33(19-21)26-25(27(34)28(26)35)32-22(18-31)17-20-9-3-2-4-10-20/h5-6,12-13,20-22,29,32H,2-4,7-11,14-19,31H2,1H3/t21-,22+,29-/m1/s1. The molecule has 4 rings (SSSR count). The molecule has 1 aliphatic heterocycles. The summed E-state index contributed by atoms with van der Waals surface area (Å²) in [5.74, 6) is 0.306. The number of hydrogen-bond donors (Lipinski definition) is 2. The number of nitrogens with one attached hydrogen (secondary N) is 1. The highest BCUT2D eigenvalue weighted by Crippen LogP contribution is 2.37. The van der Waals surface area contributed by atoms with Gasteiger partial charge in [-0.2, -0.15) is 0 Å². The van der Waals surface area contributed by atoms with Gasteiger partial charge in [0.2, 0.25) is 0 Å². The molecule has 2 aromatic carbocycles. The Morgan fingerprint density at radius 3 is 2.59 bits per heavy atom. The molecule has 37 heavy (non-hydrogen) atoms. The number of rotatable bonds is 13. The molecule has 2 aromatic rings.